The lowest BCUT2D eigenvalue weighted by atomic mass is 10.2. The number of hydrogen-bond donors (Lipinski definition) is 1. The van der Waals surface area contributed by atoms with E-state index in [4.69, 9.17) is 16.3 Å². The van der Waals surface area contributed by atoms with Gasteiger partial charge in [0, 0.05) is 23.8 Å². The summed E-state index contributed by atoms with van der Waals surface area (Å²) in [6.07, 6.45) is 0.280. The summed E-state index contributed by atoms with van der Waals surface area (Å²) in [6.45, 7) is 0. The molecule has 1 aromatic heterocycles. The van der Waals surface area contributed by atoms with E-state index in [9.17, 15) is 4.79 Å². The van der Waals surface area contributed by atoms with Crippen LogP contribution in [0, 0.1) is 0 Å². The fourth-order valence-corrected chi connectivity index (χ4v) is 1.81. The summed E-state index contributed by atoms with van der Waals surface area (Å²) in [5, 5.41) is 3.74. The van der Waals surface area contributed by atoms with Gasteiger partial charge in [-0.1, -0.05) is 12.1 Å². The Kier molecular flexibility index (Phi) is 3.99. The maximum atomic E-state index is 11.6. The first-order chi connectivity index (χ1) is 8.74. The number of nitrogens with one attached hydrogen (secondary N) is 1. The number of hydrogen-bond acceptors (Lipinski definition) is 3. The molecule has 0 spiro atoms. The first-order valence-corrected chi connectivity index (χ1v) is 6.07. The fourth-order valence-electron chi connectivity index (χ4n) is 1.64. The number of nitrogens with zero attached hydrogens (tertiary/aromatic N) is 1. The third-order valence-electron chi connectivity index (χ3n) is 2.50. The number of rotatable bonds is 4. The van der Waals surface area contributed by atoms with Crippen LogP contribution in [-0.2, 0) is 4.79 Å². The van der Waals surface area contributed by atoms with Crippen LogP contribution >= 0.6 is 11.6 Å². The van der Waals surface area contributed by atoms with E-state index in [1.165, 1.54) is 0 Å². The molecule has 1 amide bonds. The van der Waals surface area contributed by atoms with Crippen molar-refractivity contribution in [1.29, 1.82) is 0 Å². The monoisotopic (exact) mass is 264 g/mol. The van der Waals surface area contributed by atoms with Crippen LogP contribution in [0.4, 0.5) is 5.69 Å². The quantitative estimate of drug-likeness (QED) is 0.864. The molecule has 0 saturated heterocycles. The molecule has 94 valence electrons. The second-order valence-electron chi connectivity index (χ2n) is 3.72. The van der Waals surface area contributed by atoms with Crippen molar-refractivity contribution in [2.45, 2.75) is 6.42 Å². The zero-order valence-corrected chi connectivity index (χ0v) is 10.7. The van der Waals surface area contributed by atoms with Gasteiger partial charge in [0.1, 0.15) is 0 Å². The lowest BCUT2D eigenvalue weighted by Gasteiger charge is -2.08. The molecule has 0 fully saturated rings. The maximum absolute atomic E-state index is 11.6. The molecule has 0 aliphatic heterocycles. The largest absolute Gasteiger partial charge is 0.481 e. The highest BCUT2D eigenvalue weighted by Crippen LogP contribution is 2.24. The molecule has 18 heavy (non-hydrogen) atoms. The van der Waals surface area contributed by atoms with Gasteiger partial charge in [0.2, 0.25) is 11.8 Å². The summed E-state index contributed by atoms with van der Waals surface area (Å²) in [4.78, 5) is 15.9. The van der Waals surface area contributed by atoms with Crippen LogP contribution in [0.3, 0.4) is 0 Å². The molecule has 1 aromatic carbocycles. The number of anilines is 1. The number of halogens is 1. The van der Waals surface area contributed by atoms with Crippen LogP contribution in [0.5, 0.6) is 5.88 Å². The molecule has 2 aromatic rings. The average molecular weight is 265 g/mol. The minimum Gasteiger partial charge on any atom is -0.481 e. The van der Waals surface area contributed by atoms with E-state index >= 15 is 0 Å². The molecule has 0 saturated carbocycles. The number of alkyl halides is 1. The number of carbonyl (C=O) groups is 1. The van der Waals surface area contributed by atoms with E-state index in [0.29, 0.717) is 23.0 Å². The van der Waals surface area contributed by atoms with E-state index in [-0.39, 0.29) is 12.3 Å². The molecule has 4 nitrogen and oxygen atoms in total. The van der Waals surface area contributed by atoms with Crippen molar-refractivity contribution in [2.75, 3.05) is 18.3 Å². The van der Waals surface area contributed by atoms with Crippen LogP contribution < -0.4 is 10.1 Å². The number of aromatic nitrogens is 1. The molecule has 1 heterocycles. The fraction of sp³-hybridized carbons (Fsp3) is 0.231. The summed E-state index contributed by atoms with van der Waals surface area (Å²) in [5.41, 5.74) is 1.38. The van der Waals surface area contributed by atoms with Gasteiger partial charge >= 0.3 is 0 Å². The number of pyridine rings is 1. The zero-order chi connectivity index (χ0) is 13.0. The average Bonchev–Trinajstić information content (AvgIpc) is 2.39. The first-order valence-electron chi connectivity index (χ1n) is 5.54. The van der Waals surface area contributed by atoms with Gasteiger partial charge in [-0.15, -0.1) is 11.6 Å². The lowest BCUT2D eigenvalue weighted by Crippen LogP contribution is -2.12. The van der Waals surface area contributed by atoms with Crippen molar-refractivity contribution in [1.82, 2.24) is 4.98 Å². The maximum Gasteiger partial charge on any atom is 0.225 e. The third kappa shape index (κ3) is 2.71. The number of carbonyl (C=O) groups excluding carboxylic acids is 1. The molecule has 0 radical (unpaired) electrons. The van der Waals surface area contributed by atoms with Crippen molar-refractivity contribution < 1.29 is 9.53 Å². The van der Waals surface area contributed by atoms with Crippen molar-refractivity contribution in [2.24, 2.45) is 0 Å². The van der Waals surface area contributed by atoms with Crippen molar-refractivity contribution in [3.8, 4) is 5.88 Å². The van der Waals surface area contributed by atoms with Gasteiger partial charge in [0.05, 0.1) is 18.3 Å². The molecule has 0 unspecified atom stereocenters. The van der Waals surface area contributed by atoms with Crippen LogP contribution in [0.25, 0.3) is 10.9 Å². The minimum atomic E-state index is -0.123. The van der Waals surface area contributed by atoms with Gasteiger partial charge in [0.15, 0.2) is 0 Å². The second kappa shape index (κ2) is 5.69. The summed E-state index contributed by atoms with van der Waals surface area (Å²) in [6, 6.07) is 9.29. The number of para-hydroxylation sites is 1. The number of ether oxygens (including phenoxy) is 1. The Morgan fingerprint density at radius 3 is 2.94 bits per heavy atom. The Labute approximate surface area is 110 Å². The number of fused-ring (bicyclic) bond motifs is 1. The Morgan fingerprint density at radius 2 is 2.22 bits per heavy atom. The summed E-state index contributed by atoms with van der Waals surface area (Å²) in [7, 11) is 1.56. The SMILES string of the molecule is COc1ccc2cccc(NC(=O)CCCl)c2n1. The minimum absolute atomic E-state index is 0.123. The van der Waals surface area contributed by atoms with Crippen molar-refractivity contribution in [3.63, 3.8) is 0 Å². The lowest BCUT2D eigenvalue weighted by molar-refractivity contribution is -0.115. The van der Waals surface area contributed by atoms with Crippen LogP contribution in [-0.4, -0.2) is 23.9 Å². The summed E-state index contributed by atoms with van der Waals surface area (Å²) >= 11 is 5.53. The standard InChI is InChI=1S/C13H13ClN2O2/c1-18-12-6-5-9-3-2-4-10(13(9)16-12)15-11(17)7-8-14/h2-6H,7-8H2,1H3,(H,15,17). The van der Waals surface area contributed by atoms with Gasteiger partial charge in [-0.2, -0.15) is 0 Å². The Hall–Kier alpha value is -1.81. The van der Waals surface area contributed by atoms with E-state index in [1.54, 1.807) is 19.2 Å². The number of methoxy groups -OCH3 is 1. The predicted molar refractivity (Wildman–Crippen MR) is 72.3 cm³/mol. The molecule has 0 aliphatic rings. The smallest absolute Gasteiger partial charge is 0.225 e. The van der Waals surface area contributed by atoms with E-state index in [1.807, 2.05) is 18.2 Å². The second-order valence-corrected chi connectivity index (χ2v) is 4.10. The highest BCUT2D eigenvalue weighted by molar-refractivity contribution is 6.19. The molecule has 0 atom stereocenters. The number of amides is 1. The summed E-state index contributed by atoms with van der Waals surface area (Å²) in [5.74, 6) is 0.691. The normalized spacial score (nSPS) is 10.3. The third-order valence-corrected chi connectivity index (χ3v) is 2.69. The zero-order valence-electron chi connectivity index (χ0n) is 9.94. The Bertz CT molecular complexity index is 572. The van der Waals surface area contributed by atoms with Crippen molar-refractivity contribution >= 4 is 34.1 Å². The molecular formula is C13H13ClN2O2. The predicted octanol–water partition coefficient (Wildman–Crippen LogP) is 2.81. The first kappa shape index (κ1) is 12.6. The Morgan fingerprint density at radius 1 is 1.39 bits per heavy atom. The van der Waals surface area contributed by atoms with E-state index in [2.05, 4.69) is 10.3 Å². The van der Waals surface area contributed by atoms with Crippen molar-refractivity contribution in [3.05, 3.63) is 30.3 Å². The molecule has 0 bridgehead atoms. The van der Waals surface area contributed by atoms with Gasteiger partial charge in [-0.3, -0.25) is 4.79 Å². The highest BCUT2D eigenvalue weighted by Gasteiger charge is 2.07. The van der Waals surface area contributed by atoms with E-state index in [0.717, 1.165) is 5.39 Å². The highest BCUT2D eigenvalue weighted by atomic mass is 35.5. The molecule has 5 heteroatoms. The van der Waals surface area contributed by atoms with Gasteiger partial charge in [0.25, 0.3) is 0 Å². The van der Waals surface area contributed by atoms with Gasteiger partial charge in [-0.05, 0) is 12.1 Å². The number of benzene rings is 1. The molecule has 1 N–H and O–H groups in total. The topological polar surface area (TPSA) is 51.2 Å². The van der Waals surface area contributed by atoms with Crippen LogP contribution in [0.2, 0.25) is 0 Å². The van der Waals surface area contributed by atoms with Gasteiger partial charge < -0.3 is 10.1 Å². The van der Waals surface area contributed by atoms with Crippen LogP contribution in [0.15, 0.2) is 30.3 Å². The summed E-state index contributed by atoms with van der Waals surface area (Å²) < 4.78 is 5.08. The molecular weight excluding hydrogens is 252 g/mol. The van der Waals surface area contributed by atoms with Crippen LogP contribution in [0.1, 0.15) is 6.42 Å². The van der Waals surface area contributed by atoms with Gasteiger partial charge in [-0.25, -0.2) is 4.98 Å². The molecule has 0 aliphatic carbocycles. The Balaban J connectivity index is 2.40. The van der Waals surface area contributed by atoms with E-state index < -0.39 is 0 Å². The molecule has 2 rings (SSSR count).